The first kappa shape index (κ1) is 14.0. The Bertz CT molecular complexity index is 400. The van der Waals surface area contributed by atoms with Gasteiger partial charge in [-0.3, -0.25) is 0 Å². The molecule has 2 rings (SSSR count). The van der Waals surface area contributed by atoms with E-state index in [0.717, 1.165) is 0 Å². The second kappa shape index (κ2) is 5.66. The highest BCUT2D eigenvalue weighted by molar-refractivity contribution is 8.00. The molecule has 1 nitrogen and oxygen atoms in total. The molecule has 18 heavy (non-hydrogen) atoms. The fraction of sp³-hybridized carbons (Fsp3) is 0.625. The second-order valence-corrected chi connectivity index (χ2v) is 7.43. The molecule has 0 saturated heterocycles. The lowest BCUT2D eigenvalue weighted by atomic mass is 9.73. The zero-order chi connectivity index (χ0) is 13.2. The quantitative estimate of drug-likeness (QED) is 0.875. The standard InChI is InChI=1S/C16H25NS/c1-12-7-5-8-13(11-12)18-14-9-6-10-16(2,3)15(14)17-4/h5,7-8,11,14-15,17H,6,9-10H2,1-4H3. The molecule has 1 saturated carbocycles. The third-order valence-corrected chi connectivity index (χ3v) is 5.45. The molecule has 2 unspecified atom stereocenters. The highest BCUT2D eigenvalue weighted by atomic mass is 32.2. The molecule has 100 valence electrons. The van der Waals surface area contributed by atoms with Gasteiger partial charge in [-0.2, -0.15) is 0 Å². The van der Waals surface area contributed by atoms with Crippen molar-refractivity contribution in [2.24, 2.45) is 5.41 Å². The summed E-state index contributed by atoms with van der Waals surface area (Å²) in [5.74, 6) is 0. The zero-order valence-corrected chi connectivity index (χ0v) is 12.8. The number of nitrogens with one attached hydrogen (secondary N) is 1. The van der Waals surface area contributed by atoms with Crippen LogP contribution in [0.3, 0.4) is 0 Å². The Morgan fingerprint density at radius 2 is 2.11 bits per heavy atom. The molecule has 1 N–H and O–H groups in total. The average Bonchev–Trinajstić information content (AvgIpc) is 2.28. The maximum atomic E-state index is 3.56. The molecule has 1 fully saturated rings. The first-order valence-electron chi connectivity index (χ1n) is 6.93. The van der Waals surface area contributed by atoms with E-state index in [-0.39, 0.29) is 0 Å². The Hall–Kier alpha value is -0.470. The van der Waals surface area contributed by atoms with Crippen molar-refractivity contribution in [3.8, 4) is 0 Å². The predicted octanol–water partition coefficient (Wildman–Crippen LogP) is 4.25. The van der Waals surface area contributed by atoms with Crippen molar-refractivity contribution in [2.75, 3.05) is 7.05 Å². The lowest BCUT2D eigenvalue weighted by Crippen LogP contribution is -2.49. The van der Waals surface area contributed by atoms with E-state index < -0.39 is 0 Å². The molecule has 2 atom stereocenters. The Morgan fingerprint density at radius 1 is 1.33 bits per heavy atom. The van der Waals surface area contributed by atoms with Crippen LogP contribution in [-0.4, -0.2) is 18.3 Å². The van der Waals surface area contributed by atoms with E-state index in [2.05, 4.69) is 69.2 Å². The van der Waals surface area contributed by atoms with Crippen molar-refractivity contribution < 1.29 is 0 Å². The number of benzene rings is 1. The van der Waals surface area contributed by atoms with Crippen LogP contribution in [0.2, 0.25) is 0 Å². The van der Waals surface area contributed by atoms with E-state index in [9.17, 15) is 0 Å². The Kier molecular flexibility index (Phi) is 4.39. The summed E-state index contributed by atoms with van der Waals surface area (Å²) in [7, 11) is 2.11. The summed E-state index contributed by atoms with van der Waals surface area (Å²) in [4.78, 5) is 1.41. The van der Waals surface area contributed by atoms with Crippen molar-refractivity contribution in [2.45, 2.75) is 56.2 Å². The lowest BCUT2D eigenvalue weighted by Gasteiger charge is -2.43. The molecule has 0 amide bonds. The lowest BCUT2D eigenvalue weighted by molar-refractivity contribution is 0.182. The summed E-state index contributed by atoms with van der Waals surface area (Å²) in [6.07, 6.45) is 4.02. The minimum Gasteiger partial charge on any atom is -0.315 e. The van der Waals surface area contributed by atoms with Crippen LogP contribution in [0.5, 0.6) is 0 Å². The van der Waals surface area contributed by atoms with Gasteiger partial charge in [-0.15, -0.1) is 11.8 Å². The van der Waals surface area contributed by atoms with Crippen molar-refractivity contribution in [3.63, 3.8) is 0 Å². The molecule has 1 aromatic rings. The van der Waals surface area contributed by atoms with E-state index in [1.54, 1.807) is 0 Å². The monoisotopic (exact) mass is 263 g/mol. The summed E-state index contributed by atoms with van der Waals surface area (Å²) in [6.45, 7) is 6.97. The molecule has 0 bridgehead atoms. The fourth-order valence-corrected chi connectivity index (χ4v) is 4.84. The van der Waals surface area contributed by atoms with Crippen molar-refractivity contribution in [1.82, 2.24) is 5.32 Å². The zero-order valence-electron chi connectivity index (χ0n) is 12.0. The molecular weight excluding hydrogens is 238 g/mol. The smallest absolute Gasteiger partial charge is 0.0253 e. The van der Waals surface area contributed by atoms with Gasteiger partial charge < -0.3 is 5.32 Å². The molecular formula is C16H25NS. The highest BCUT2D eigenvalue weighted by Gasteiger charge is 2.38. The van der Waals surface area contributed by atoms with Gasteiger partial charge >= 0.3 is 0 Å². The van der Waals surface area contributed by atoms with Crippen LogP contribution >= 0.6 is 11.8 Å². The number of thioether (sulfide) groups is 1. The SMILES string of the molecule is CNC1C(Sc2cccc(C)c2)CCCC1(C)C. The summed E-state index contributed by atoms with van der Waals surface area (Å²) in [5.41, 5.74) is 1.77. The molecule has 1 aromatic carbocycles. The Morgan fingerprint density at radius 3 is 2.78 bits per heavy atom. The van der Waals surface area contributed by atoms with Gasteiger partial charge in [0.2, 0.25) is 0 Å². The van der Waals surface area contributed by atoms with E-state index in [1.165, 1.54) is 29.7 Å². The fourth-order valence-electron chi connectivity index (χ4n) is 3.15. The van der Waals surface area contributed by atoms with E-state index in [4.69, 9.17) is 0 Å². The topological polar surface area (TPSA) is 12.0 Å². The number of rotatable bonds is 3. The molecule has 0 radical (unpaired) electrons. The van der Waals surface area contributed by atoms with Gasteiger partial charge in [-0.05, 0) is 44.4 Å². The van der Waals surface area contributed by atoms with Gasteiger partial charge in [-0.25, -0.2) is 0 Å². The molecule has 0 heterocycles. The van der Waals surface area contributed by atoms with Gasteiger partial charge in [0.1, 0.15) is 0 Å². The molecule has 0 spiro atoms. The van der Waals surface area contributed by atoms with Crippen LogP contribution < -0.4 is 5.32 Å². The van der Waals surface area contributed by atoms with E-state index >= 15 is 0 Å². The first-order valence-corrected chi connectivity index (χ1v) is 7.81. The number of hydrogen-bond donors (Lipinski definition) is 1. The van der Waals surface area contributed by atoms with Gasteiger partial charge in [0, 0.05) is 16.2 Å². The summed E-state index contributed by atoms with van der Waals surface area (Å²) >= 11 is 2.05. The van der Waals surface area contributed by atoms with Crippen LogP contribution in [0, 0.1) is 12.3 Å². The van der Waals surface area contributed by atoms with Gasteiger partial charge in [0.25, 0.3) is 0 Å². The van der Waals surface area contributed by atoms with Crippen molar-refractivity contribution in [3.05, 3.63) is 29.8 Å². The van der Waals surface area contributed by atoms with Crippen molar-refractivity contribution >= 4 is 11.8 Å². The van der Waals surface area contributed by atoms with Gasteiger partial charge in [-0.1, -0.05) is 38.0 Å². The normalized spacial score (nSPS) is 27.1. The Balaban J connectivity index is 2.12. The molecule has 1 aliphatic carbocycles. The highest BCUT2D eigenvalue weighted by Crippen LogP contribution is 2.42. The third kappa shape index (κ3) is 3.10. The molecule has 2 heteroatoms. The van der Waals surface area contributed by atoms with Crippen molar-refractivity contribution in [1.29, 1.82) is 0 Å². The second-order valence-electron chi connectivity index (χ2n) is 6.12. The van der Waals surface area contributed by atoms with Crippen LogP contribution in [0.4, 0.5) is 0 Å². The average molecular weight is 263 g/mol. The van der Waals surface area contributed by atoms with Crippen LogP contribution in [-0.2, 0) is 0 Å². The van der Waals surface area contributed by atoms with E-state index in [1.807, 2.05) is 0 Å². The van der Waals surface area contributed by atoms with Gasteiger partial charge in [0.15, 0.2) is 0 Å². The summed E-state index contributed by atoms with van der Waals surface area (Å²) in [5, 5.41) is 4.25. The third-order valence-electron chi connectivity index (χ3n) is 4.11. The minimum absolute atomic E-state index is 0.411. The number of hydrogen-bond acceptors (Lipinski definition) is 2. The minimum atomic E-state index is 0.411. The molecule has 0 aliphatic heterocycles. The van der Waals surface area contributed by atoms with E-state index in [0.29, 0.717) is 16.7 Å². The van der Waals surface area contributed by atoms with Gasteiger partial charge in [0.05, 0.1) is 0 Å². The summed E-state index contributed by atoms with van der Waals surface area (Å²) < 4.78 is 0. The van der Waals surface area contributed by atoms with Crippen LogP contribution in [0.15, 0.2) is 29.2 Å². The van der Waals surface area contributed by atoms with Crippen LogP contribution in [0.1, 0.15) is 38.7 Å². The first-order chi connectivity index (χ1) is 8.53. The Labute approximate surface area is 116 Å². The largest absolute Gasteiger partial charge is 0.315 e. The van der Waals surface area contributed by atoms with Crippen LogP contribution in [0.25, 0.3) is 0 Å². The molecule has 0 aromatic heterocycles. The maximum Gasteiger partial charge on any atom is 0.0253 e. The predicted molar refractivity (Wildman–Crippen MR) is 81.3 cm³/mol. The summed E-state index contributed by atoms with van der Waals surface area (Å²) in [6, 6.07) is 9.49. The number of aryl methyl sites for hydroxylation is 1. The maximum absolute atomic E-state index is 3.56. The molecule has 1 aliphatic rings.